The minimum atomic E-state index is -0.968. The van der Waals surface area contributed by atoms with E-state index in [4.69, 9.17) is 27.9 Å². The number of ether oxygens (including phenoxy) is 1. The Kier molecular flexibility index (Phi) is 2.99. The first-order valence-electron chi connectivity index (χ1n) is 6.80. The number of hydrogen-bond acceptors (Lipinski definition) is 3. The topological polar surface area (TPSA) is 58.6 Å². The standard InChI is InChI=1S/C16H11Cl2NO3/c17-7-5-9(18)13-10(6-7)19-14(16(20)21)15-12(13)8-3-1-2-4-11(8)22-15/h1-6,12,14-15,19H,(H,20,21). The molecule has 0 bridgehead atoms. The molecule has 6 heteroatoms. The largest absolute Gasteiger partial charge is 0.486 e. The molecule has 2 N–H and O–H groups in total. The van der Waals surface area contributed by atoms with Gasteiger partial charge in [0, 0.05) is 26.9 Å². The molecule has 3 unspecified atom stereocenters. The van der Waals surface area contributed by atoms with Crippen LogP contribution in [-0.2, 0) is 4.79 Å². The number of carboxylic acid groups (broad SMARTS) is 1. The third kappa shape index (κ3) is 1.87. The van der Waals surface area contributed by atoms with E-state index in [9.17, 15) is 9.90 Å². The van der Waals surface area contributed by atoms with Gasteiger partial charge in [0.1, 0.15) is 11.9 Å². The lowest BCUT2D eigenvalue weighted by Gasteiger charge is -2.34. The van der Waals surface area contributed by atoms with Crippen molar-refractivity contribution in [2.45, 2.75) is 18.1 Å². The third-order valence-electron chi connectivity index (χ3n) is 4.16. The number of carbonyl (C=O) groups is 1. The molecule has 0 saturated heterocycles. The van der Waals surface area contributed by atoms with Gasteiger partial charge in [-0.15, -0.1) is 0 Å². The van der Waals surface area contributed by atoms with Gasteiger partial charge in [0.2, 0.25) is 0 Å². The van der Waals surface area contributed by atoms with Gasteiger partial charge in [-0.1, -0.05) is 41.4 Å². The summed E-state index contributed by atoms with van der Waals surface area (Å²) in [6.45, 7) is 0. The molecule has 2 aliphatic rings. The minimum absolute atomic E-state index is 0.224. The average molecular weight is 336 g/mol. The number of anilines is 1. The summed E-state index contributed by atoms with van der Waals surface area (Å²) in [5.41, 5.74) is 2.43. The zero-order valence-electron chi connectivity index (χ0n) is 11.2. The number of nitrogens with one attached hydrogen (secondary N) is 1. The number of para-hydroxylation sites is 1. The van der Waals surface area contributed by atoms with Crippen LogP contribution in [0.25, 0.3) is 0 Å². The van der Waals surface area contributed by atoms with Crippen molar-refractivity contribution in [3.63, 3.8) is 0 Å². The molecule has 0 radical (unpaired) electrons. The third-order valence-corrected chi connectivity index (χ3v) is 4.69. The van der Waals surface area contributed by atoms with Crippen molar-refractivity contribution in [2.75, 3.05) is 5.32 Å². The first kappa shape index (κ1) is 13.7. The molecule has 0 saturated carbocycles. The SMILES string of the molecule is O=C(O)C1Nc2cc(Cl)cc(Cl)c2C2c3ccccc3OC12. The predicted octanol–water partition coefficient (Wildman–Crippen LogP) is 3.77. The van der Waals surface area contributed by atoms with Crippen LogP contribution in [0, 0.1) is 0 Å². The van der Waals surface area contributed by atoms with Crippen molar-refractivity contribution in [3.05, 3.63) is 57.6 Å². The van der Waals surface area contributed by atoms with Gasteiger partial charge in [0.15, 0.2) is 6.04 Å². The smallest absolute Gasteiger partial charge is 0.330 e. The molecular formula is C16H11Cl2NO3. The average Bonchev–Trinajstić information content (AvgIpc) is 2.84. The Morgan fingerprint density at radius 1 is 1.23 bits per heavy atom. The summed E-state index contributed by atoms with van der Waals surface area (Å²) in [6.07, 6.45) is -0.541. The molecule has 2 aromatic rings. The van der Waals surface area contributed by atoms with Crippen LogP contribution < -0.4 is 10.1 Å². The van der Waals surface area contributed by atoms with Crippen LogP contribution in [-0.4, -0.2) is 23.2 Å². The summed E-state index contributed by atoms with van der Waals surface area (Å²) in [7, 11) is 0. The second kappa shape index (κ2) is 4.80. The molecular weight excluding hydrogens is 325 g/mol. The lowest BCUT2D eigenvalue weighted by atomic mass is 9.81. The van der Waals surface area contributed by atoms with Crippen molar-refractivity contribution >= 4 is 34.9 Å². The van der Waals surface area contributed by atoms with E-state index in [1.165, 1.54) is 0 Å². The summed E-state index contributed by atoms with van der Waals surface area (Å²) in [5.74, 6) is -0.493. The van der Waals surface area contributed by atoms with Crippen LogP contribution in [0.1, 0.15) is 17.0 Å². The Morgan fingerprint density at radius 2 is 2.00 bits per heavy atom. The van der Waals surface area contributed by atoms with Crippen LogP contribution in [0.2, 0.25) is 10.0 Å². The van der Waals surface area contributed by atoms with Crippen LogP contribution in [0.3, 0.4) is 0 Å². The number of fused-ring (bicyclic) bond motifs is 5. The second-order valence-electron chi connectivity index (χ2n) is 5.41. The lowest BCUT2D eigenvalue weighted by molar-refractivity contribution is -0.140. The zero-order valence-corrected chi connectivity index (χ0v) is 12.7. The van der Waals surface area contributed by atoms with Gasteiger partial charge in [-0.3, -0.25) is 0 Å². The fourth-order valence-electron chi connectivity index (χ4n) is 3.29. The van der Waals surface area contributed by atoms with Gasteiger partial charge in [-0.2, -0.15) is 0 Å². The molecule has 0 amide bonds. The van der Waals surface area contributed by atoms with Crippen molar-refractivity contribution in [1.29, 1.82) is 0 Å². The van der Waals surface area contributed by atoms with Crippen LogP contribution in [0.15, 0.2) is 36.4 Å². The highest BCUT2D eigenvalue weighted by molar-refractivity contribution is 6.35. The molecule has 4 nitrogen and oxygen atoms in total. The fourth-order valence-corrected chi connectivity index (χ4v) is 3.90. The Balaban J connectivity index is 1.96. The molecule has 22 heavy (non-hydrogen) atoms. The van der Waals surface area contributed by atoms with E-state index in [0.717, 1.165) is 11.1 Å². The lowest BCUT2D eigenvalue weighted by Crippen LogP contribution is -2.48. The van der Waals surface area contributed by atoms with Gasteiger partial charge in [0.25, 0.3) is 0 Å². The second-order valence-corrected chi connectivity index (χ2v) is 6.25. The number of carboxylic acids is 1. The van der Waals surface area contributed by atoms with Gasteiger partial charge in [0.05, 0.1) is 5.92 Å². The van der Waals surface area contributed by atoms with Crippen LogP contribution in [0.5, 0.6) is 5.75 Å². The number of halogens is 2. The first-order valence-corrected chi connectivity index (χ1v) is 7.55. The molecule has 0 aromatic heterocycles. The van der Waals surface area contributed by atoms with E-state index in [1.54, 1.807) is 12.1 Å². The van der Waals surface area contributed by atoms with Crippen molar-refractivity contribution in [3.8, 4) is 5.75 Å². The highest BCUT2D eigenvalue weighted by Crippen LogP contribution is 2.51. The molecule has 2 heterocycles. The highest BCUT2D eigenvalue weighted by Gasteiger charge is 2.48. The van der Waals surface area contributed by atoms with Crippen LogP contribution >= 0.6 is 23.2 Å². The maximum absolute atomic E-state index is 11.6. The highest BCUT2D eigenvalue weighted by atomic mass is 35.5. The van der Waals surface area contributed by atoms with Gasteiger partial charge >= 0.3 is 5.97 Å². The summed E-state index contributed by atoms with van der Waals surface area (Å²) in [6, 6.07) is 10.1. The van der Waals surface area contributed by atoms with Crippen molar-refractivity contribution in [1.82, 2.24) is 0 Å². The van der Waals surface area contributed by atoms with E-state index in [2.05, 4.69) is 5.32 Å². The van der Waals surface area contributed by atoms with Gasteiger partial charge < -0.3 is 15.2 Å². The quantitative estimate of drug-likeness (QED) is 0.832. The molecule has 112 valence electrons. The Labute approximate surface area is 136 Å². The van der Waals surface area contributed by atoms with Crippen molar-refractivity contribution in [2.24, 2.45) is 0 Å². The Morgan fingerprint density at radius 3 is 2.77 bits per heavy atom. The van der Waals surface area contributed by atoms with E-state index < -0.39 is 18.1 Å². The predicted molar refractivity (Wildman–Crippen MR) is 84.2 cm³/mol. The monoisotopic (exact) mass is 335 g/mol. The number of aliphatic carboxylic acids is 1. The molecule has 4 rings (SSSR count). The van der Waals surface area contributed by atoms with Crippen LogP contribution in [0.4, 0.5) is 5.69 Å². The van der Waals surface area contributed by atoms with E-state index >= 15 is 0 Å². The van der Waals surface area contributed by atoms with Gasteiger partial charge in [-0.25, -0.2) is 4.79 Å². The van der Waals surface area contributed by atoms with E-state index in [1.807, 2.05) is 24.3 Å². The molecule has 3 atom stereocenters. The number of hydrogen-bond donors (Lipinski definition) is 2. The maximum atomic E-state index is 11.6. The fraction of sp³-hybridized carbons (Fsp3) is 0.188. The Hall–Kier alpha value is -1.91. The summed E-state index contributed by atoms with van der Waals surface area (Å²) in [4.78, 5) is 11.6. The molecule has 2 aromatic carbocycles. The molecule has 0 spiro atoms. The summed E-state index contributed by atoms with van der Waals surface area (Å²) < 4.78 is 5.89. The zero-order chi connectivity index (χ0) is 15.4. The van der Waals surface area contributed by atoms with E-state index in [-0.39, 0.29) is 5.92 Å². The number of rotatable bonds is 1. The normalized spacial score (nSPS) is 24.5. The molecule has 0 fully saturated rings. The number of benzene rings is 2. The summed E-state index contributed by atoms with van der Waals surface area (Å²) in [5, 5.41) is 13.5. The molecule has 2 aliphatic heterocycles. The first-order chi connectivity index (χ1) is 10.6. The van der Waals surface area contributed by atoms with Gasteiger partial charge in [-0.05, 0) is 18.2 Å². The Bertz CT molecular complexity index is 793. The summed E-state index contributed by atoms with van der Waals surface area (Å²) >= 11 is 12.4. The van der Waals surface area contributed by atoms with Crippen molar-refractivity contribution < 1.29 is 14.6 Å². The maximum Gasteiger partial charge on any atom is 0.330 e. The molecule has 0 aliphatic carbocycles. The minimum Gasteiger partial charge on any atom is -0.486 e. The van der Waals surface area contributed by atoms with E-state index in [0.29, 0.717) is 21.5 Å².